The Morgan fingerprint density at radius 1 is 1.11 bits per heavy atom. The first-order valence-electron chi connectivity index (χ1n) is 6.11. The Bertz CT molecular complexity index is 473. The van der Waals surface area contributed by atoms with E-state index in [2.05, 4.69) is 0 Å². The van der Waals surface area contributed by atoms with Crippen molar-refractivity contribution in [1.29, 1.82) is 0 Å². The van der Waals surface area contributed by atoms with Gasteiger partial charge < -0.3 is 14.4 Å². The Morgan fingerprint density at radius 3 is 2.11 bits per heavy atom. The monoisotopic (exact) mass is 270 g/mol. The van der Waals surface area contributed by atoms with Crippen LogP contribution in [0.25, 0.3) is 0 Å². The highest BCUT2D eigenvalue weighted by atomic mass is 19.3. The normalized spacial score (nSPS) is 21.1. The van der Waals surface area contributed by atoms with Crippen molar-refractivity contribution in [2.75, 3.05) is 0 Å². The summed E-state index contributed by atoms with van der Waals surface area (Å²) in [7, 11) is -0.991. The number of hydrogen-bond donors (Lipinski definition) is 1. The molecule has 3 nitrogen and oxygen atoms in total. The number of phenolic OH excluding ortho intramolecular Hbond substituents is 1. The molecule has 0 unspecified atom stereocenters. The van der Waals surface area contributed by atoms with Crippen LogP contribution >= 0.6 is 0 Å². The van der Waals surface area contributed by atoms with E-state index in [-0.39, 0.29) is 16.8 Å². The maximum Gasteiger partial charge on any atom is 0.499 e. The molecule has 1 aliphatic rings. The van der Waals surface area contributed by atoms with Crippen molar-refractivity contribution in [1.82, 2.24) is 0 Å². The summed E-state index contributed by atoms with van der Waals surface area (Å²) in [4.78, 5) is 0. The van der Waals surface area contributed by atoms with Gasteiger partial charge in [-0.2, -0.15) is 0 Å². The molecule has 19 heavy (non-hydrogen) atoms. The predicted molar refractivity (Wildman–Crippen MR) is 68.8 cm³/mol. The van der Waals surface area contributed by atoms with E-state index in [9.17, 15) is 13.9 Å². The van der Waals surface area contributed by atoms with Gasteiger partial charge in [-0.1, -0.05) is 12.1 Å². The van der Waals surface area contributed by atoms with E-state index in [1.54, 1.807) is 0 Å². The number of rotatable bonds is 2. The molecule has 1 saturated heterocycles. The van der Waals surface area contributed by atoms with Gasteiger partial charge in [-0.05, 0) is 33.8 Å². The van der Waals surface area contributed by atoms with E-state index in [0.717, 1.165) is 0 Å². The second-order valence-electron chi connectivity index (χ2n) is 5.67. The summed E-state index contributed by atoms with van der Waals surface area (Å²) in [6.07, 6.45) is -2.69. The van der Waals surface area contributed by atoms with E-state index in [1.165, 1.54) is 18.2 Å². The Kier molecular flexibility index (Phi) is 3.35. The number of benzene rings is 1. The standard InChI is InChI=1S/C13H17BF2O3/c1-12(2)13(3,4)19-14(18-12)10-8(11(15)16)6-5-7-9(10)17/h5-7,11,17H,1-4H3. The smallest absolute Gasteiger partial charge is 0.499 e. The summed E-state index contributed by atoms with van der Waals surface area (Å²) in [5.41, 5.74) is -1.53. The van der Waals surface area contributed by atoms with Crippen molar-refractivity contribution in [2.45, 2.75) is 45.3 Å². The molecule has 0 saturated carbocycles. The Balaban J connectivity index is 2.45. The van der Waals surface area contributed by atoms with Crippen molar-refractivity contribution < 1.29 is 23.2 Å². The second kappa shape index (κ2) is 4.46. The van der Waals surface area contributed by atoms with Crippen LogP contribution in [0.4, 0.5) is 8.78 Å². The van der Waals surface area contributed by atoms with Crippen LogP contribution in [0.1, 0.15) is 39.7 Å². The summed E-state index contributed by atoms with van der Waals surface area (Å²) in [6.45, 7) is 7.31. The highest BCUT2D eigenvalue weighted by Gasteiger charge is 2.53. The first-order chi connectivity index (χ1) is 8.66. The van der Waals surface area contributed by atoms with E-state index < -0.39 is 24.7 Å². The first-order valence-corrected chi connectivity index (χ1v) is 6.11. The van der Waals surface area contributed by atoms with Gasteiger partial charge in [0.2, 0.25) is 0 Å². The van der Waals surface area contributed by atoms with Crippen LogP contribution in [0.15, 0.2) is 18.2 Å². The fraction of sp³-hybridized carbons (Fsp3) is 0.538. The van der Waals surface area contributed by atoms with E-state index in [0.29, 0.717) is 0 Å². The van der Waals surface area contributed by atoms with Crippen molar-refractivity contribution >= 4 is 12.6 Å². The number of alkyl halides is 2. The zero-order valence-electron chi connectivity index (χ0n) is 11.4. The average molecular weight is 270 g/mol. The number of aromatic hydroxyl groups is 1. The highest BCUT2D eigenvalue weighted by Crippen LogP contribution is 2.38. The summed E-state index contributed by atoms with van der Waals surface area (Å²) in [6, 6.07) is 4.00. The van der Waals surface area contributed by atoms with Gasteiger partial charge in [0.15, 0.2) is 0 Å². The molecule has 0 aromatic heterocycles. The molecule has 1 aliphatic heterocycles. The summed E-state index contributed by atoms with van der Waals surface area (Å²) in [5, 5.41) is 9.85. The maximum atomic E-state index is 13.0. The zero-order valence-corrected chi connectivity index (χ0v) is 11.4. The minimum Gasteiger partial charge on any atom is -0.508 e. The largest absolute Gasteiger partial charge is 0.508 e. The first kappa shape index (κ1) is 14.3. The van der Waals surface area contributed by atoms with Crippen molar-refractivity contribution in [2.24, 2.45) is 0 Å². The van der Waals surface area contributed by atoms with Crippen LogP contribution in [-0.4, -0.2) is 23.4 Å². The molecule has 0 aliphatic carbocycles. The van der Waals surface area contributed by atoms with Crippen molar-refractivity contribution in [3.8, 4) is 5.75 Å². The Hall–Kier alpha value is -1.14. The molecular formula is C13H17BF2O3. The van der Waals surface area contributed by atoms with E-state index >= 15 is 0 Å². The summed E-state index contributed by atoms with van der Waals surface area (Å²) >= 11 is 0. The molecule has 0 bridgehead atoms. The summed E-state index contributed by atoms with van der Waals surface area (Å²) < 4.78 is 37.5. The van der Waals surface area contributed by atoms with Crippen molar-refractivity contribution in [3.05, 3.63) is 23.8 Å². The van der Waals surface area contributed by atoms with Crippen LogP contribution in [-0.2, 0) is 9.31 Å². The lowest BCUT2D eigenvalue weighted by molar-refractivity contribution is 0.00578. The molecule has 1 aromatic rings. The third-order valence-electron chi connectivity index (χ3n) is 3.84. The molecule has 1 aromatic carbocycles. The quantitative estimate of drug-likeness (QED) is 0.839. The van der Waals surface area contributed by atoms with Gasteiger partial charge in [-0.3, -0.25) is 0 Å². The fourth-order valence-electron chi connectivity index (χ4n) is 1.98. The van der Waals surface area contributed by atoms with Crippen LogP contribution < -0.4 is 5.46 Å². The lowest BCUT2D eigenvalue weighted by Crippen LogP contribution is -2.41. The Labute approximate surface area is 111 Å². The predicted octanol–water partition coefficient (Wildman–Crippen LogP) is 2.63. The fourth-order valence-corrected chi connectivity index (χ4v) is 1.98. The van der Waals surface area contributed by atoms with Gasteiger partial charge >= 0.3 is 7.12 Å². The minimum atomic E-state index is -2.69. The van der Waals surface area contributed by atoms with Gasteiger partial charge in [0.1, 0.15) is 5.75 Å². The van der Waals surface area contributed by atoms with Gasteiger partial charge in [0.25, 0.3) is 6.43 Å². The maximum absolute atomic E-state index is 13.0. The zero-order chi connectivity index (χ0) is 14.4. The van der Waals surface area contributed by atoms with Gasteiger partial charge in [-0.15, -0.1) is 0 Å². The van der Waals surface area contributed by atoms with E-state index in [4.69, 9.17) is 9.31 Å². The molecule has 0 amide bonds. The third kappa shape index (κ3) is 2.34. The molecule has 104 valence electrons. The molecular weight excluding hydrogens is 253 g/mol. The van der Waals surface area contributed by atoms with Crippen LogP contribution in [0.3, 0.4) is 0 Å². The SMILES string of the molecule is CC1(C)OB(c2c(O)cccc2C(F)F)OC1(C)C. The topological polar surface area (TPSA) is 38.7 Å². The van der Waals surface area contributed by atoms with Crippen LogP contribution in [0.2, 0.25) is 0 Å². The molecule has 1 heterocycles. The average Bonchev–Trinajstić information content (AvgIpc) is 2.47. The molecule has 0 spiro atoms. The molecule has 0 atom stereocenters. The number of phenols is 1. The minimum absolute atomic E-state index is 0.0103. The van der Waals surface area contributed by atoms with Crippen molar-refractivity contribution in [3.63, 3.8) is 0 Å². The lowest BCUT2D eigenvalue weighted by Gasteiger charge is -2.32. The van der Waals surface area contributed by atoms with Crippen LogP contribution in [0, 0.1) is 0 Å². The van der Waals surface area contributed by atoms with Crippen LogP contribution in [0.5, 0.6) is 5.75 Å². The molecule has 6 heteroatoms. The van der Waals surface area contributed by atoms with Gasteiger partial charge in [0, 0.05) is 11.0 Å². The highest BCUT2D eigenvalue weighted by molar-refractivity contribution is 6.63. The van der Waals surface area contributed by atoms with Gasteiger partial charge in [-0.25, -0.2) is 8.78 Å². The number of halogens is 2. The Morgan fingerprint density at radius 2 is 1.63 bits per heavy atom. The third-order valence-corrected chi connectivity index (χ3v) is 3.84. The molecule has 2 rings (SSSR count). The second-order valence-corrected chi connectivity index (χ2v) is 5.67. The molecule has 0 radical (unpaired) electrons. The lowest BCUT2D eigenvalue weighted by atomic mass is 9.75. The van der Waals surface area contributed by atoms with Gasteiger partial charge in [0.05, 0.1) is 11.2 Å². The summed E-state index contributed by atoms with van der Waals surface area (Å²) in [5.74, 6) is -0.240. The van der Waals surface area contributed by atoms with E-state index in [1.807, 2.05) is 27.7 Å². The number of hydrogen-bond acceptors (Lipinski definition) is 3. The molecule has 1 fully saturated rings. The molecule has 1 N–H and O–H groups in total.